The molecule has 1 aromatic carbocycles. The van der Waals surface area contributed by atoms with E-state index in [4.69, 9.17) is 28.3 Å². The topological polar surface area (TPSA) is 95.9 Å². The van der Waals surface area contributed by atoms with E-state index in [-0.39, 0.29) is 0 Å². The Hall–Kier alpha value is -1.69. The third kappa shape index (κ3) is 4.92. The second-order valence-electron chi connectivity index (χ2n) is 9.38. The highest BCUT2D eigenvalue weighted by Gasteiger charge is 2.52. The van der Waals surface area contributed by atoms with Crippen molar-refractivity contribution in [1.29, 1.82) is 0 Å². The van der Waals surface area contributed by atoms with E-state index in [0.29, 0.717) is 12.3 Å². The molecule has 3 rings (SSSR count). The fraction of sp³-hybridized carbons (Fsp3) is 0.696. The van der Waals surface area contributed by atoms with Gasteiger partial charge in [0.25, 0.3) is 0 Å². The summed E-state index contributed by atoms with van der Waals surface area (Å²) in [5.41, 5.74) is 0.310. The fourth-order valence-electron chi connectivity index (χ4n) is 4.29. The van der Waals surface area contributed by atoms with Gasteiger partial charge in [-0.05, 0) is 59.1 Å². The molecule has 0 aromatic heterocycles. The Morgan fingerprint density at radius 1 is 1.03 bits per heavy atom. The van der Waals surface area contributed by atoms with E-state index in [1.54, 1.807) is 31.4 Å². The van der Waals surface area contributed by atoms with Crippen molar-refractivity contribution in [1.82, 2.24) is 0 Å². The molecule has 0 unspecified atom stereocenters. The molecule has 1 amide bonds. The van der Waals surface area contributed by atoms with Crippen molar-refractivity contribution in [3.63, 3.8) is 0 Å². The van der Waals surface area contributed by atoms with Crippen LogP contribution in [-0.2, 0) is 28.3 Å². The molecule has 33 heavy (non-hydrogen) atoms. The van der Waals surface area contributed by atoms with Crippen LogP contribution < -0.4 is 10.4 Å². The van der Waals surface area contributed by atoms with Crippen molar-refractivity contribution in [2.45, 2.75) is 83.4 Å². The summed E-state index contributed by atoms with van der Waals surface area (Å²) in [5.74, 6) is 0. The number of anilines is 1. The van der Waals surface area contributed by atoms with Crippen LogP contribution in [0.3, 0.4) is 0 Å². The van der Waals surface area contributed by atoms with Gasteiger partial charge in [0.15, 0.2) is 6.23 Å². The van der Waals surface area contributed by atoms with E-state index in [0.717, 1.165) is 10.4 Å². The van der Waals surface area contributed by atoms with Crippen LogP contribution in [0.1, 0.15) is 41.5 Å². The van der Waals surface area contributed by atoms with Crippen molar-refractivity contribution < 1.29 is 38.2 Å². The van der Waals surface area contributed by atoms with Crippen molar-refractivity contribution in [3.8, 4) is 0 Å². The summed E-state index contributed by atoms with van der Waals surface area (Å²) in [5, 5.41) is 10.1. The number of carboxylic acid groups (broad SMARTS) is 1. The molecular formula is C23H36BNO8. The van der Waals surface area contributed by atoms with Crippen LogP contribution in [0.25, 0.3) is 0 Å². The van der Waals surface area contributed by atoms with Crippen LogP contribution in [0, 0.1) is 0 Å². The summed E-state index contributed by atoms with van der Waals surface area (Å²) in [7, 11) is 2.55. The first-order chi connectivity index (χ1) is 15.5. The molecular weight excluding hydrogens is 429 g/mol. The van der Waals surface area contributed by atoms with Gasteiger partial charge in [-0.15, -0.1) is 0 Å². The number of amides is 1. The summed E-state index contributed by atoms with van der Waals surface area (Å²) in [6.45, 7) is 12.1. The van der Waals surface area contributed by atoms with Gasteiger partial charge in [-0.2, -0.15) is 0 Å². The molecule has 1 aromatic rings. The molecule has 1 N–H and O–H groups in total. The highest BCUT2D eigenvalue weighted by atomic mass is 16.7. The summed E-state index contributed by atoms with van der Waals surface area (Å²) in [4.78, 5) is 13.5. The number of nitrogens with zero attached hydrogens (tertiary/aromatic N) is 1. The highest BCUT2D eigenvalue weighted by Crippen LogP contribution is 2.37. The first-order valence-electron chi connectivity index (χ1n) is 11.3. The van der Waals surface area contributed by atoms with E-state index in [1.807, 2.05) is 41.5 Å². The normalized spacial score (nSPS) is 30.9. The maximum Gasteiger partial charge on any atom is 0.494 e. The Bertz CT molecular complexity index is 801. The zero-order chi connectivity index (χ0) is 24.6. The van der Waals surface area contributed by atoms with Gasteiger partial charge < -0.3 is 33.4 Å². The molecule has 2 fully saturated rings. The van der Waals surface area contributed by atoms with Gasteiger partial charge >= 0.3 is 13.2 Å². The SMILES string of the molecule is CCO[C@H]1[C@@H](OC)[C@H](N(C(=O)O)c2ccc(B3OC(C)(C)C(C)(C)O3)cc2)O[C@H](C)[C@H]1OC. The lowest BCUT2D eigenvalue weighted by Gasteiger charge is -2.47. The summed E-state index contributed by atoms with van der Waals surface area (Å²) < 4.78 is 35.5. The number of ether oxygens (including phenoxy) is 4. The van der Waals surface area contributed by atoms with Crippen LogP contribution in [0.5, 0.6) is 0 Å². The van der Waals surface area contributed by atoms with Crippen molar-refractivity contribution in [2.75, 3.05) is 25.7 Å². The van der Waals surface area contributed by atoms with Crippen LogP contribution in [0.15, 0.2) is 24.3 Å². The third-order valence-electron chi connectivity index (χ3n) is 6.81. The van der Waals surface area contributed by atoms with E-state index < -0.39 is 55.1 Å². The number of carbonyl (C=O) groups is 1. The second-order valence-corrected chi connectivity index (χ2v) is 9.38. The summed E-state index contributed by atoms with van der Waals surface area (Å²) in [6.07, 6.45) is -4.08. The van der Waals surface area contributed by atoms with Gasteiger partial charge in [-0.25, -0.2) is 9.69 Å². The van der Waals surface area contributed by atoms with Crippen LogP contribution in [0.2, 0.25) is 0 Å². The van der Waals surface area contributed by atoms with Gasteiger partial charge in [-0.3, -0.25) is 0 Å². The number of hydrogen-bond acceptors (Lipinski definition) is 7. The zero-order valence-electron chi connectivity index (χ0n) is 20.7. The third-order valence-corrected chi connectivity index (χ3v) is 6.81. The van der Waals surface area contributed by atoms with E-state index in [1.165, 1.54) is 7.11 Å². The molecule has 0 aliphatic carbocycles. The van der Waals surface area contributed by atoms with Gasteiger partial charge in [-0.1, -0.05) is 12.1 Å². The molecule has 0 radical (unpaired) electrons. The van der Waals surface area contributed by atoms with Crippen LogP contribution in [-0.4, -0.2) is 81.0 Å². The number of benzene rings is 1. The maximum atomic E-state index is 12.4. The largest absolute Gasteiger partial charge is 0.494 e. The predicted molar refractivity (Wildman–Crippen MR) is 124 cm³/mol. The Morgan fingerprint density at radius 2 is 1.58 bits per heavy atom. The number of hydrogen-bond donors (Lipinski definition) is 1. The standard InChI is InChI=1S/C23H36BNO8/c1-9-30-18-17(28-7)14(2)31-20(19(18)29-8)25(21(26)27)16-12-10-15(11-13-16)24-32-22(3,4)23(5,6)33-24/h10-14,17-20H,9H2,1-8H3,(H,26,27)/t14-,17-,18-,19-,20-/m1/s1. The molecule has 2 aliphatic rings. The van der Waals surface area contributed by atoms with Crippen LogP contribution >= 0.6 is 0 Å². The molecule has 184 valence electrons. The molecule has 5 atom stereocenters. The lowest BCUT2D eigenvalue weighted by atomic mass is 9.79. The zero-order valence-corrected chi connectivity index (χ0v) is 20.7. The minimum atomic E-state index is -1.16. The molecule has 0 saturated carbocycles. The molecule has 2 aliphatic heterocycles. The monoisotopic (exact) mass is 465 g/mol. The van der Waals surface area contributed by atoms with Crippen molar-refractivity contribution in [2.24, 2.45) is 0 Å². The maximum absolute atomic E-state index is 12.4. The lowest BCUT2D eigenvalue weighted by Crippen LogP contribution is -2.64. The van der Waals surface area contributed by atoms with Crippen LogP contribution in [0.4, 0.5) is 10.5 Å². The fourth-order valence-corrected chi connectivity index (χ4v) is 4.29. The first-order valence-corrected chi connectivity index (χ1v) is 11.3. The molecule has 10 heteroatoms. The Kier molecular flexibility index (Phi) is 7.77. The average Bonchev–Trinajstić information content (AvgIpc) is 2.96. The summed E-state index contributed by atoms with van der Waals surface area (Å²) in [6, 6.07) is 7.04. The Labute approximate surface area is 196 Å². The minimum Gasteiger partial charge on any atom is -0.465 e. The first kappa shape index (κ1) is 25.9. The van der Waals surface area contributed by atoms with Gasteiger partial charge in [0.1, 0.15) is 18.3 Å². The van der Waals surface area contributed by atoms with Gasteiger partial charge in [0.2, 0.25) is 0 Å². The van der Waals surface area contributed by atoms with Crippen molar-refractivity contribution in [3.05, 3.63) is 24.3 Å². The number of rotatable bonds is 7. The predicted octanol–water partition coefficient (Wildman–Crippen LogP) is 2.65. The van der Waals surface area contributed by atoms with Crippen molar-refractivity contribution >= 4 is 24.4 Å². The van der Waals surface area contributed by atoms with E-state index in [9.17, 15) is 9.90 Å². The summed E-state index contributed by atoms with van der Waals surface area (Å²) >= 11 is 0. The lowest BCUT2D eigenvalue weighted by molar-refractivity contribution is -0.241. The minimum absolute atomic E-state index is 0.396. The quantitative estimate of drug-likeness (QED) is 0.615. The van der Waals surface area contributed by atoms with E-state index in [2.05, 4.69) is 0 Å². The highest BCUT2D eigenvalue weighted by molar-refractivity contribution is 6.62. The second kappa shape index (κ2) is 9.89. The molecule has 2 saturated heterocycles. The molecule has 9 nitrogen and oxygen atoms in total. The Morgan fingerprint density at radius 3 is 2.03 bits per heavy atom. The molecule has 0 bridgehead atoms. The Balaban J connectivity index is 1.89. The van der Waals surface area contributed by atoms with E-state index >= 15 is 0 Å². The average molecular weight is 465 g/mol. The molecule has 0 spiro atoms. The smallest absolute Gasteiger partial charge is 0.465 e. The van der Waals surface area contributed by atoms with Gasteiger partial charge in [0, 0.05) is 26.5 Å². The number of methoxy groups -OCH3 is 2. The van der Waals surface area contributed by atoms with Gasteiger partial charge in [0.05, 0.1) is 17.3 Å². The molecule has 2 heterocycles.